The Bertz CT molecular complexity index is 624. The van der Waals surface area contributed by atoms with Crippen LogP contribution in [0.25, 0.3) is 0 Å². The predicted molar refractivity (Wildman–Crippen MR) is 106 cm³/mol. The van der Waals surface area contributed by atoms with Gasteiger partial charge in [0.15, 0.2) is 11.6 Å². The van der Waals surface area contributed by atoms with Crippen LogP contribution in [0, 0.1) is 0 Å². The van der Waals surface area contributed by atoms with Gasteiger partial charge in [0.25, 0.3) is 0 Å². The van der Waals surface area contributed by atoms with Crippen LogP contribution in [-0.2, 0) is 0 Å². The van der Waals surface area contributed by atoms with E-state index >= 15 is 0 Å². The van der Waals surface area contributed by atoms with Crippen molar-refractivity contribution in [3.8, 4) is 0 Å². The molecule has 2 aromatic carbocycles. The van der Waals surface area contributed by atoms with Gasteiger partial charge in [0, 0.05) is 32.7 Å². The maximum absolute atomic E-state index is 12.0. The van der Waals surface area contributed by atoms with Crippen LogP contribution in [0.4, 0.5) is 0 Å². The predicted octanol–water partition coefficient (Wildman–Crippen LogP) is 5.53. The third kappa shape index (κ3) is 6.52. The summed E-state index contributed by atoms with van der Waals surface area (Å²) in [4.78, 5) is 23.9. The largest absolute Gasteiger partial charge is 0.293 e. The highest BCUT2D eigenvalue weighted by molar-refractivity contribution is 8.03. The van der Waals surface area contributed by atoms with E-state index in [9.17, 15) is 9.59 Å². The minimum Gasteiger partial charge on any atom is -0.293 e. The van der Waals surface area contributed by atoms with Crippen LogP contribution >= 0.6 is 46.7 Å². The van der Waals surface area contributed by atoms with Gasteiger partial charge in [-0.05, 0) is 48.5 Å². The van der Waals surface area contributed by atoms with Crippen LogP contribution < -0.4 is 0 Å². The summed E-state index contributed by atoms with van der Waals surface area (Å²) >= 11 is 14.8. The summed E-state index contributed by atoms with van der Waals surface area (Å²) in [6.07, 6.45) is 0. The minimum absolute atomic E-state index is 0.0962. The van der Waals surface area contributed by atoms with Gasteiger partial charge in [-0.25, -0.2) is 0 Å². The SMILES string of the molecule is O=C(CSCCSCC(=O)c1ccc(Cl)cc1)c1ccc(Cl)cc1. The van der Waals surface area contributed by atoms with Crippen molar-refractivity contribution in [1.29, 1.82) is 0 Å². The molecule has 0 aliphatic heterocycles. The van der Waals surface area contributed by atoms with E-state index in [1.165, 1.54) is 0 Å². The van der Waals surface area contributed by atoms with E-state index in [-0.39, 0.29) is 11.6 Å². The lowest BCUT2D eigenvalue weighted by Crippen LogP contribution is -2.05. The molecular weight excluding hydrogens is 383 g/mol. The maximum Gasteiger partial charge on any atom is 0.172 e. The molecular formula is C18H16Cl2O2S2. The summed E-state index contributed by atoms with van der Waals surface area (Å²) in [5, 5.41) is 1.25. The number of Topliss-reactive ketones (excluding diaryl/α,β-unsaturated/α-hetero) is 2. The molecule has 0 spiro atoms. The van der Waals surface area contributed by atoms with E-state index in [2.05, 4.69) is 0 Å². The first-order valence-corrected chi connectivity index (χ1v) is 10.4. The van der Waals surface area contributed by atoms with Crippen molar-refractivity contribution < 1.29 is 9.59 Å². The van der Waals surface area contributed by atoms with Crippen LogP contribution in [0.3, 0.4) is 0 Å². The Kier molecular flexibility index (Phi) is 8.19. The molecule has 24 heavy (non-hydrogen) atoms. The van der Waals surface area contributed by atoms with Crippen LogP contribution in [0.15, 0.2) is 48.5 Å². The number of hydrogen-bond acceptors (Lipinski definition) is 4. The van der Waals surface area contributed by atoms with Gasteiger partial charge in [-0.2, -0.15) is 23.5 Å². The van der Waals surface area contributed by atoms with E-state index in [1.807, 2.05) is 0 Å². The normalized spacial score (nSPS) is 10.6. The number of rotatable bonds is 9. The topological polar surface area (TPSA) is 34.1 Å². The minimum atomic E-state index is 0.0962. The van der Waals surface area contributed by atoms with Crippen molar-refractivity contribution in [1.82, 2.24) is 0 Å². The molecule has 0 unspecified atom stereocenters. The van der Waals surface area contributed by atoms with Gasteiger partial charge in [-0.1, -0.05) is 23.2 Å². The lowest BCUT2D eigenvalue weighted by atomic mass is 10.1. The van der Waals surface area contributed by atoms with Crippen molar-refractivity contribution in [3.63, 3.8) is 0 Å². The molecule has 0 fully saturated rings. The summed E-state index contributed by atoms with van der Waals surface area (Å²) in [7, 11) is 0. The third-order valence-electron chi connectivity index (χ3n) is 3.17. The molecule has 6 heteroatoms. The number of carbonyl (C=O) groups is 2. The molecule has 126 valence electrons. The van der Waals surface area contributed by atoms with E-state index in [0.29, 0.717) is 32.7 Å². The average Bonchev–Trinajstić information content (AvgIpc) is 2.58. The molecule has 2 rings (SSSR count). The number of hydrogen-bond donors (Lipinski definition) is 0. The van der Waals surface area contributed by atoms with Gasteiger partial charge in [-0.3, -0.25) is 9.59 Å². The van der Waals surface area contributed by atoms with E-state index in [4.69, 9.17) is 23.2 Å². The Morgan fingerprint density at radius 2 is 1.00 bits per heavy atom. The first-order chi connectivity index (χ1) is 11.6. The molecule has 0 aromatic heterocycles. The number of ketones is 2. The lowest BCUT2D eigenvalue weighted by molar-refractivity contribution is 0.101. The third-order valence-corrected chi connectivity index (χ3v) is 5.85. The number of carbonyl (C=O) groups excluding carboxylic acids is 2. The number of halogens is 2. The highest BCUT2D eigenvalue weighted by atomic mass is 35.5. The monoisotopic (exact) mass is 398 g/mol. The summed E-state index contributed by atoms with van der Waals surface area (Å²) in [5.41, 5.74) is 1.36. The lowest BCUT2D eigenvalue weighted by Gasteiger charge is -2.03. The smallest absolute Gasteiger partial charge is 0.172 e. The highest BCUT2D eigenvalue weighted by Crippen LogP contribution is 2.15. The fourth-order valence-corrected chi connectivity index (χ4v) is 4.07. The van der Waals surface area contributed by atoms with Gasteiger partial charge in [0.1, 0.15) is 0 Å². The molecule has 0 amide bonds. The standard InChI is InChI=1S/C18H16Cl2O2S2/c19-15-5-1-13(2-6-15)17(21)11-23-9-10-24-12-18(22)14-3-7-16(20)8-4-14/h1-8H,9-12H2. The van der Waals surface area contributed by atoms with Crippen LogP contribution in [0.1, 0.15) is 20.7 Å². The molecule has 2 nitrogen and oxygen atoms in total. The van der Waals surface area contributed by atoms with Crippen molar-refractivity contribution >= 4 is 58.3 Å². The number of benzene rings is 2. The molecule has 0 heterocycles. The zero-order chi connectivity index (χ0) is 17.4. The molecule has 0 radical (unpaired) electrons. The fourth-order valence-electron chi connectivity index (χ4n) is 1.89. The van der Waals surface area contributed by atoms with Crippen molar-refractivity contribution in [2.24, 2.45) is 0 Å². The fraction of sp³-hybridized carbons (Fsp3) is 0.222. The van der Waals surface area contributed by atoms with E-state index in [1.54, 1.807) is 72.1 Å². The summed E-state index contributed by atoms with van der Waals surface area (Å²) in [6.45, 7) is 0. The number of thioether (sulfide) groups is 2. The second-order valence-corrected chi connectivity index (χ2v) is 8.05. The Morgan fingerprint density at radius 1 is 0.667 bits per heavy atom. The van der Waals surface area contributed by atoms with Gasteiger partial charge < -0.3 is 0 Å². The Morgan fingerprint density at radius 3 is 1.33 bits per heavy atom. The summed E-state index contributed by atoms with van der Waals surface area (Å²) in [6, 6.07) is 13.8. The molecule has 0 N–H and O–H groups in total. The van der Waals surface area contributed by atoms with Crippen LogP contribution in [-0.4, -0.2) is 34.6 Å². The first-order valence-electron chi connectivity index (χ1n) is 7.29. The Balaban J connectivity index is 1.61. The second-order valence-electron chi connectivity index (χ2n) is 4.97. The summed E-state index contributed by atoms with van der Waals surface area (Å²) in [5.74, 6) is 2.73. The van der Waals surface area contributed by atoms with Crippen molar-refractivity contribution in [2.45, 2.75) is 0 Å². The average molecular weight is 399 g/mol. The van der Waals surface area contributed by atoms with E-state index < -0.39 is 0 Å². The molecule has 0 saturated carbocycles. The molecule has 0 bridgehead atoms. The summed E-state index contributed by atoms with van der Waals surface area (Å²) < 4.78 is 0. The zero-order valence-corrected chi connectivity index (χ0v) is 16.0. The van der Waals surface area contributed by atoms with Crippen LogP contribution in [0.2, 0.25) is 10.0 Å². The van der Waals surface area contributed by atoms with Crippen molar-refractivity contribution in [3.05, 3.63) is 69.7 Å². The first kappa shape index (κ1) is 19.4. The van der Waals surface area contributed by atoms with Crippen LogP contribution in [0.5, 0.6) is 0 Å². The van der Waals surface area contributed by atoms with Gasteiger partial charge >= 0.3 is 0 Å². The molecule has 0 atom stereocenters. The Labute approximate surface area is 160 Å². The van der Waals surface area contributed by atoms with Gasteiger partial charge in [-0.15, -0.1) is 0 Å². The van der Waals surface area contributed by atoms with Gasteiger partial charge in [0.2, 0.25) is 0 Å². The molecule has 0 saturated heterocycles. The van der Waals surface area contributed by atoms with Gasteiger partial charge in [0.05, 0.1) is 11.5 Å². The quantitative estimate of drug-likeness (QED) is 0.410. The highest BCUT2D eigenvalue weighted by Gasteiger charge is 2.07. The molecule has 2 aromatic rings. The Hall–Kier alpha value is -0.940. The van der Waals surface area contributed by atoms with E-state index in [0.717, 1.165) is 11.5 Å². The molecule has 0 aliphatic carbocycles. The zero-order valence-electron chi connectivity index (χ0n) is 12.8. The molecule has 0 aliphatic rings. The maximum atomic E-state index is 12.0. The second kappa shape index (κ2) is 10.1. The van der Waals surface area contributed by atoms with Crippen molar-refractivity contribution in [2.75, 3.05) is 23.0 Å².